The van der Waals surface area contributed by atoms with E-state index in [4.69, 9.17) is 9.47 Å². The van der Waals surface area contributed by atoms with Crippen LogP contribution in [0, 0.1) is 6.92 Å². The van der Waals surface area contributed by atoms with Crippen LogP contribution in [-0.4, -0.2) is 56.9 Å². The Hall–Kier alpha value is -0.670. The standard InChI is InChI=1S/C22H35N3O2S.HI/c1-17-6-7-19(26-4)18(14-17)22(9-11-27-12-10-22)16-25-20(23-3)24-15-21(2)8-5-13-28-21;/h6-7,14H,5,8-13,15-16H2,1-4H3,(H2,23,24,25);1H. The zero-order valence-electron chi connectivity index (χ0n) is 18.2. The van der Waals surface area contributed by atoms with Crippen molar-refractivity contribution in [1.82, 2.24) is 10.6 Å². The highest BCUT2D eigenvalue weighted by Gasteiger charge is 2.37. The highest BCUT2D eigenvalue weighted by atomic mass is 127. The maximum absolute atomic E-state index is 5.72. The number of hydrogen-bond acceptors (Lipinski definition) is 4. The molecule has 2 N–H and O–H groups in total. The first-order chi connectivity index (χ1) is 13.5. The Kier molecular flexibility index (Phi) is 9.41. The minimum atomic E-state index is -0.0146. The third-order valence-electron chi connectivity index (χ3n) is 6.12. The van der Waals surface area contributed by atoms with Crippen molar-refractivity contribution in [3.8, 4) is 5.75 Å². The van der Waals surface area contributed by atoms with Crippen LogP contribution in [0.1, 0.15) is 43.7 Å². The number of nitrogens with zero attached hydrogens (tertiary/aromatic N) is 1. The molecule has 1 atom stereocenters. The summed E-state index contributed by atoms with van der Waals surface area (Å²) in [5, 5.41) is 7.16. The van der Waals surface area contributed by atoms with Crippen molar-refractivity contribution < 1.29 is 9.47 Å². The highest BCUT2D eigenvalue weighted by Crippen LogP contribution is 2.40. The number of ether oxygens (including phenoxy) is 2. The van der Waals surface area contributed by atoms with Gasteiger partial charge in [-0.1, -0.05) is 17.7 Å². The third kappa shape index (κ3) is 6.17. The van der Waals surface area contributed by atoms with Gasteiger partial charge in [-0.3, -0.25) is 4.99 Å². The van der Waals surface area contributed by atoms with Gasteiger partial charge in [0.25, 0.3) is 0 Å². The van der Waals surface area contributed by atoms with E-state index in [9.17, 15) is 0 Å². The summed E-state index contributed by atoms with van der Waals surface area (Å²) in [5.74, 6) is 3.11. The van der Waals surface area contributed by atoms with E-state index in [1.807, 2.05) is 7.05 Å². The van der Waals surface area contributed by atoms with Gasteiger partial charge in [0, 0.05) is 49.1 Å². The normalized spacial score (nSPS) is 23.9. The Bertz CT molecular complexity index is 687. The molecule has 3 rings (SSSR count). The summed E-state index contributed by atoms with van der Waals surface area (Å²) in [6.07, 6.45) is 4.53. The number of hydrogen-bond donors (Lipinski definition) is 2. The van der Waals surface area contributed by atoms with E-state index in [0.717, 1.165) is 50.9 Å². The van der Waals surface area contributed by atoms with Crippen molar-refractivity contribution in [3.63, 3.8) is 0 Å². The Balaban J connectivity index is 0.00000300. The van der Waals surface area contributed by atoms with Gasteiger partial charge in [-0.05, 0) is 51.3 Å². The first-order valence-corrected chi connectivity index (χ1v) is 11.3. The van der Waals surface area contributed by atoms with Crippen LogP contribution >= 0.6 is 35.7 Å². The van der Waals surface area contributed by atoms with E-state index in [-0.39, 0.29) is 29.4 Å². The lowest BCUT2D eigenvalue weighted by molar-refractivity contribution is 0.0505. The molecule has 164 valence electrons. The van der Waals surface area contributed by atoms with Gasteiger partial charge in [-0.2, -0.15) is 11.8 Å². The minimum Gasteiger partial charge on any atom is -0.496 e. The molecule has 2 saturated heterocycles. The molecule has 2 fully saturated rings. The Morgan fingerprint density at radius 1 is 1.21 bits per heavy atom. The molecule has 5 nitrogen and oxygen atoms in total. The summed E-state index contributed by atoms with van der Waals surface area (Å²) < 4.78 is 11.7. The SMILES string of the molecule is CN=C(NCC1(C)CCCS1)NCC1(c2cc(C)ccc2OC)CCOCC1.I. The van der Waals surface area contributed by atoms with Crippen molar-refractivity contribution >= 4 is 41.7 Å². The molecule has 0 radical (unpaired) electrons. The molecule has 0 aliphatic carbocycles. The van der Waals surface area contributed by atoms with Crippen molar-refractivity contribution in [2.24, 2.45) is 4.99 Å². The second-order valence-corrected chi connectivity index (χ2v) is 9.96. The zero-order valence-corrected chi connectivity index (χ0v) is 21.3. The van der Waals surface area contributed by atoms with Crippen molar-refractivity contribution in [3.05, 3.63) is 29.3 Å². The molecule has 1 aromatic carbocycles. The van der Waals surface area contributed by atoms with Crippen LogP contribution in [0.3, 0.4) is 0 Å². The van der Waals surface area contributed by atoms with Gasteiger partial charge >= 0.3 is 0 Å². The van der Waals surface area contributed by atoms with Crippen LogP contribution < -0.4 is 15.4 Å². The van der Waals surface area contributed by atoms with Crippen LogP contribution in [0.25, 0.3) is 0 Å². The Morgan fingerprint density at radius 2 is 1.93 bits per heavy atom. The van der Waals surface area contributed by atoms with E-state index < -0.39 is 0 Å². The minimum absolute atomic E-state index is 0. The summed E-state index contributed by atoms with van der Waals surface area (Å²) in [7, 11) is 3.61. The number of aryl methyl sites for hydroxylation is 1. The lowest BCUT2D eigenvalue weighted by Crippen LogP contribution is -2.50. The van der Waals surface area contributed by atoms with E-state index in [1.54, 1.807) is 7.11 Å². The monoisotopic (exact) mass is 533 g/mol. The molecule has 1 aromatic rings. The van der Waals surface area contributed by atoms with Gasteiger partial charge in [0.1, 0.15) is 5.75 Å². The summed E-state index contributed by atoms with van der Waals surface area (Å²) in [5.41, 5.74) is 2.52. The van der Waals surface area contributed by atoms with E-state index in [1.165, 1.54) is 29.7 Å². The van der Waals surface area contributed by atoms with Gasteiger partial charge in [0.05, 0.1) is 7.11 Å². The van der Waals surface area contributed by atoms with Crippen LogP contribution in [0.5, 0.6) is 5.75 Å². The quantitative estimate of drug-likeness (QED) is 0.328. The number of thioether (sulfide) groups is 1. The zero-order chi connectivity index (χ0) is 20.0. The van der Waals surface area contributed by atoms with Gasteiger partial charge in [0.15, 0.2) is 5.96 Å². The molecule has 1 unspecified atom stereocenters. The fraction of sp³-hybridized carbons (Fsp3) is 0.682. The second kappa shape index (κ2) is 11.1. The summed E-state index contributed by atoms with van der Waals surface area (Å²) in [6.45, 7) is 7.81. The molecule has 29 heavy (non-hydrogen) atoms. The van der Waals surface area contributed by atoms with Gasteiger partial charge in [0.2, 0.25) is 0 Å². The fourth-order valence-corrected chi connectivity index (χ4v) is 5.50. The van der Waals surface area contributed by atoms with Crippen molar-refractivity contribution in [1.29, 1.82) is 0 Å². The van der Waals surface area contributed by atoms with Crippen LogP contribution in [0.4, 0.5) is 0 Å². The Labute approximate surface area is 197 Å². The number of guanidine groups is 1. The lowest BCUT2D eigenvalue weighted by Gasteiger charge is -2.39. The summed E-state index contributed by atoms with van der Waals surface area (Å²) in [6, 6.07) is 6.48. The average molecular weight is 534 g/mol. The topological polar surface area (TPSA) is 54.9 Å². The first kappa shape index (κ1) is 24.6. The number of halogens is 1. The van der Waals surface area contributed by atoms with E-state index in [2.05, 4.69) is 59.4 Å². The maximum atomic E-state index is 5.72. The molecule has 0 bridgehead atoms. The third-order valence-corrected chi connectivity index (χ3v) is 7.66. The molecule has 2 aliphatic heterocycles. The number of nitrogens with one attached hydrogen (secondary N) is 2. The molecule has 0 spiro atoms. The van der Waals surface area contributed by atoms with Gasteiger partial charge < -0.3 is 20.1 Å². The van der Waals surface area contributed by atoms with E-state index in [0.29, 0.717) is 4.75 Å². The molecule has 0 aromatic heterocycles. The largest absolute Gasteiger partial charge is 0.496 e. The van der Waals surface area contributed by atoms with E-state index >= 15 is 0 Å². The number of rotatable bonds is 6. The highest BCUT2D eigenvalue weighted by molar-refractivity contribution is 14.0. The predicted octanol–water partition coefficient (Wildman–Crippen LogP) is 4.12. The predicted molar refractivity (Wildman–Crippen MR) is 134 cm³/mol. The van der Waals surface area contributed by atoms with Crippen LogP contribution in [-0.2, 0) is 10.2 Å². The molecule has 0 saturated carbocycles. The second-order valence-electron chi connectivity index (χ2n) is 8.28. The molecule has 2 heterocycles. The molecular formula is C22H36IN3O2S. The number of methoxy groups -OCH3 is 1. The summed E-state index contributed by atoms with van der Waals surface area (Å²) >= 11 is 2.07. The van der Waals surface area contributed by atoms with Gasteiger partial charge in [-0.25, -0.2) is 0 Å². The van der Waals surface area contributed by atoms with Crippen molar-refractivity contribution in [2.75, 3.05) is 46.2 Å². The smallest absolute Gasteiger partial charge is 0.191 e. The maximum Gasteiger partial charge on any atom is 0.191 e. The van der Waals surface area contributed by atoms with Crippen LogP contribution in [0.15, 0.2) is 23.2 Å². The number of aliphatic imine (C=N–C) groups is 1. The van der Waals surface area contributed by atoms with Gasteiger partial charge in [-0.15, -0.1) is 24.0 Å². The molecule has 7 heteroatoms. The first-order valence-electron chi connectivity index (χ1n) is 10.3. The van der Waals surface area contributed by atoms with Crippen molar-refractivity contribution in [2.45, 2.75) is 49.7 Å². The Morgan fingerprint density at radius 3 is 2.55 bits per heavy atom. The summed E-state index contributed by atoms with van der Waals surface area (Å²) in [4.78, 5) is 4.47. The molecule has 2 aliphatic rings. The molecular weight excluding hydrogens is 497 g/mol. The average Bonchev–Trinajstić information content (AvgIpc) is 3.15. The fourth-order valence-electron chi connectivity index (χ4n) is 4.26. The lowest BCUT2D eigenvalue weighted by atomic mass is 9.73. The number of benzene rings is 1. The van der Waals surface area contributed by atoms with Crippen LogP contribution in [0.2, 0.25) is 0 Å². The molecule has 0 amide bonds.